The van der Waals surface area contributed by atoms with E-state index in [-0.39, 0.29) is 0 Å². The molecule has 0 aromatic carbocycles. The molecule has 1 aromatic rings. The minimum atomic E-state index is 0.838. The van der Waals surface area contributed by atoms with E-state index in [2.05, 4.69) is 54.6 Å². The summed E-state index contributed by atoms with van der Waals surface area (Å²) in [6.45, 7) is 16.7. The van der Waals surface area contributed by atoms with Crippen molar-refractivity contribution in [3.63, 3.8) is 0 Å². The van der Waals surface area contributed by atoms with Crippen LogP contribution in [0, 0.1) is 23.7 Å². The number of piperidine rings is 2. The number of H-pyrrole nitrogens is 1. The van der Waals surface area contributed by atoms with Crippen molar-refractivity contribution in [2.75, 3.05) is 26.2 Å². The third-order valence-electron chi connectivity index (χ3n) is 5.48. The van der Waals surface area contributed by atoms with Gasteiger partial charge in [0.2, 0.25) is 0 Å². The number of rotatable bonds is 4. The highest BCUT2D eigenvalue weighted by Crippen LogP contribution is 2.24. The third-order valence-corrected chi connectivity index (χ3v) is 5.48. The molecule has 3 nitrogen and oxygen atoms in total. The average molecular weight is 318 g/mol. The molecule has 4 atom stereocenters. The highest BCUT2D eigenvalue weighted by molar-refractivity contribution is 5.13. The minimum Gasteiger partial charge on any atom is -0.360 e. The Kier molecular flexibility index (Phi) is 5.48. The van der Waals surface area contributed by atoms with Gasteiger partial charge in [-0.3, -0.25) is 9.80 Å². The fourth-order valence-corrected chi connectivity index (χ4v) is 5.00. The van der Waals surface area contributed by atoms with E-state index in [1.807, 2.05) is 0 Å². The van der Waals surface area contributed by atoms with Gasteiger partial charge in [-0.1, -0.05) is 27.7 Å². The second kappa shape index (κ2) is 7.40. The van der Waals surface area contributed by atoms with Gasteiger partial charge in [0.25, 0.3) is 0 Å². The molecule has 23 heavy (non-hydrogen) atoms. The first kappa shape index (κ1) is 17.0. The van der Waals surface area contributed by atoms with Crippen molar-refractivity contribution in [1.82, 2.24) is 14.8 Å². The van der Waals surface area contributed by atoms with Gasteiger partial charge < -0.3 is 4.98 Å². The summed E-state index contributed by atoms with van der Waals surface area (Å²) in [6.07, 6.45) is 2.77. The summed E-state index contributed by atoms with van der Waals surface area (Å²) in [6, 6.07) is 4.60. The van der Waals surface area contributed by atoms with E-state index in [0.29, 0.717) is 0 Å². The first-order valence-corrected chi connectivity index (χ1v) is 9.59. The summed E-state index contributed by atoms with van der Waals surface area (Å²) in [5.74, 6) is 3.35. The van der Waals surface area contributed by atoms with E-state index in [0.717, 1.165) is 36.8 Å². The molecule has 1 aromatic heterocycles. The van der Waals surface area contributed by atoms with Gasteiger partial charge in [0.05, 0.1) is 0 Å². The number of hydrogen-bond donors (Lipinski definition) is 1. The zero-order valence-corrected chi connectivity index (χ0v) is 15.5. The molecule has 2 saturated heterocycles. The summed E-state index contributed by atoms with van der Waals surface area (Å²) in [7, 11) is 0. The summed E-state index contributed by atoms with van der Waals surface area (Å²) in [5.41, 5.74) is 2.78. The largest absolute Gasteiger partial charge is 0.360 e. The Labute approximate surface area is 142 Å². The Morgan fingerprint density at radius 1 is 0.739 bits per heavy atom. The molecule has 0 radical (unpaired) electrons. The monoisotopic (exact) mass is 317 g/mol. The fourth-order valence-electron chi connectivity index (χ4n) is 5.00. The fraction of sp³-hybridized carbons (Fsp3) is 0.800. The van der Waals surface area contributed by atoms with Crippen LogP contribution in [0.5, 0.6) is 0 Å². The first-order valence-electron chi connectivity index (χ1n) is 9.59. The zero-order chi connectivity index (χ0) is 16.4. The Balaban J connectivity index is 1.53. The molecule has 3 heteroatoms. The van der Waals surface area contributed by atoms with Gasteiger partial charge in [0.1, 0.15) is 0 Å². The number of hydrogen-bond acceptors (Lipinski definition) is 2. The summed E-state index contributed by atoms with van der Waals surface area (Å²) in [4.78, 5) is 8.93. The quantitative estimate of drug-likeness (QED) is 0.908. The van der Waals surface area contributed by atoms with Crippen LogP contribution in [0.2, 0.25) is 0 Å². The van der Waals surface area contributed by atoms with Crippen LogP contribution in [0.1, 0.15) is 51.9 Å². The van der Waals surface area contributed by atoms with Gasteiger partial charge in [-0.05, 0) is 48.6 Å². The molecule has 0 amide bonds. The molecular formula is C20H35N3. The highest BCUT2D eigenvalue weighted by Gasteiger charge is 2.23. The summed E-state index contributed by atoms with van der Waals surface area (Å²) < 4.78 is 0. The lowest BCUT2D eigenvalue weighted by molar-refractivity contribution is 0.130. The van der Waals surface area contributed by atoms with Crippen molar-refractivity contribution in [1.29, 1.82) is 0 Å². The van der Waals surface area contributed by atoms with Crippen LogP contribution in [0.4, 0.5) is 0 Å². The lowest BCUT2D eigenvalue weighted by atomic mass is 9.92. The lowest BCUT2D eigenvalue weighted by Gasteiger charge is -2.35. The molecule has 3 heterocycles. The molecule has 0 aliphatic carbocycles. The Morgan fingerprint density at radius 3 is 1.43 bits per heavy atom. The van der Waals surface area contributed by atoms with Gasteiger partial charge in [-0.2, -0.15) is 0 Å². The topological polar surface area (TPSA) is 22.3 Å². The third kappa shape index (κ3) is 4.84. The van der Waals surface area contributed by atoms with Gasteiger partial charge in [0, 0.05) is 50.7 Å². The molecule has 0 bridgehead atoms. The normalized spacial score (nSPS) is 33.9. The van der Waals surface area contributed by atoms with E-state index >= 15 is 0 Å². The number of nitrogens with zero attached hydrogens (tertiary/aromatic N) is 2. The van der Waals surface area contributed by atoms with E-state index in [4.69, 9.17) is 0 Å². The Bertz CT molecular complexity index is 432. The van der Waals surface area contributed by atoms with Crippen molar-refractivity contribution in [3.05, 3.63) is 23.5 Å². The van der Waals surface area contributed by atoms with Gasteiger partial charge in [0.15, 0.2) is 0 Å². The number of aromatic amines is 1. The number of nitrogens with one attached hydrogen (secondary N) is 1. The van der Waals surface area contributed by atoms with Crippen LogP contribution >= 0.6 is 0 Å². The molecule has 3 rings (SSSR count). The van der Waals surface area contributed by atoms with Gasteiger partial charge in [-0.25, -0.2) is 0 Å². The standard InChI is InChI=1S/C20H35N3/c1-15-7-16(2)10-22(9-15)13-19-5-6-20(21-19)14-23-11-17(3)8-18(4)12-23/h5-6,15-18,21H,7-14H2,1-4H3/t15-,16-,17-,18+/m1/s1. The van der Waals surface area contributed by atoms with Crippen LogP contribution in [-0.4, -0.2) is 41.0 Å². The maximum absolute atomic E-state index is 3.68. The second-order valence-electron chi connectivity index (χ2n) is 8.79. The van der Waals surface area contributed by atoms with E-state index in [1.165, 1.54) is 50.4 Å². The van der Waals surface area contributed by atoms with Gasteiger partial charge in [-0.15, -0.1) is 0 Å². The molecule has 2 fully saturated rings. The van der Waals surface area contributed by atoms with Crippen molar-refractivity contribution < 1.29 is 0 Å². The van der Waals surface area contributed by atoms with E-state index in [1.54, 1.807) is 0 Å². The second-order valence-corrected chi connectivity index (χ2v) is 8.79. The number of aromatic nitrogens is 1. The first-order chi connectivity index (χ1) is 11.0. The van der Waals surface area contributed by atoms with Crippen LogP contribution < -0.4 is 0 Å². The molecule has 2 aliphatic heterocycles. The molecular weight excluding hydrogens is 282 g/mol. The van der Waals surface area contributed by atoms with Crippen molar-refractivity contribution >= 4 is 0 Å². The van der Waals surface area contributed by atoms with Crippen LogP contribution in [0.3, 0.4) is 0 Å². The smallest absolute Gasteiger partial charge is 0.0385 e. The molecule has 0 unspecified atom stereocenters. The SMILES string of the molecule is C[C@@H]1C[C@@H](C)CN(Cc2ccc(CN3C[C@H](C)C[C@H](C)C3)[nH]2)C1. The van der Waals surface area contributed by atoms with Crippen molar-refractivity contribution in [3.8, 4) is 0 Å². The number of likely N-dealkylation sites (tertiary alicyclic amines) is 2. The van der Waals surface area contributed by atoms with Crippen LogP contribution in [0.15, 0.2) is 12.1 Å². The predicted octanol–water partition coefficient (Wildman–Crippen LogP) is 3.97. The molecule has 0 saturated carbocycles. The van der Waals surface area contributed by atoms with E-state index < -0.39 is 0 Å². The summed E-state index contributed by atoms with van der Waals surface area (Å²) >= 11 is 0. The highest BCUT2D eigenvalue weighted by atomic mass is 15.2. The lowest BCUT2D eigenvalue weighted by Crippen LogP contribution is -2.38. The molecule has 130 valence electrons. The van der Waals surface area contributed by atoms with Crippen LogP contribution in [-0.2, 0) is 13.1 Å². The van der Waals surface area contributed by atoms with Crippen molar-refractivity contribution in [2.24, 2.45) is 23.7 Å². The predicted molar refractivity (Wildman–Crippen MR) is 97.2 cm³/mol. The molecule has 1 N–H and O–H groups in total. The van der Waals surface area contributed by atoms with Gasteiger partial charge >= 0.3 is 0 Å². The van der Waals surface area contributed by atoms with Crippen molar-refractivity contribution in [2.45, 2.75) is 53.6 Å². The minimum absolute atomic E-state index is 0.838. The Morgan fingerprint density at radius 2 is 1.09 bits per heavy atom. The maximum Gasteiger partial charge on any atom is 0.0385 e. The molecule has 2 aliphatic rings. The summed E-state index contributed by atoms with van der Waals surface area (Å²) in [5, 5.41) is 0. The average Bonchev–Trinajstić information content (AvgIpc) is 2.83. The van der Waals surface area contributed by atoms with E-state index in [9.17, 15) is 0 Å². The Hall–Kier alpha value is -0.800. The van der Waals surface area contributed by atoms with Crippen LogP contribution in [0.25, 0.3) is 0 Å². The molecule has 0 spiro atoms. The zero-order valence-electron chi connectivity index (χ0n) is 15.5. The maximum atomic E-state index is 3.68.